The van der Waals surface area contributed by atoms with Crippen molar-refractivity contribution in [3.8, 4) is 0 Å². The molecule has 1 rings (SSSR count). The zero-order valence-electron chi connectivity index (χ0n) is 6.94. The second-order valence-electron chi connectivity index (χ2n) is 2.57. The van der Waals surface area contributed by atoms with Gasteiger partial charge in [0.15, 0.2) is 0 Å². The van der Waals surface area contributed by atoms with Gasteiger partial charge in [0.2, 0.25) is 10.0 Å². The molecule has 1 aromatic rings. The third-order valence-electron chi connectivity index (χ3n) is 1.39. The van der Waals surface area contributed by atoms with Gasteiger partial charge in [-0.2, -0.15) is 0 Å². The Morgan fingerprint density at radius 1 is 1.21 bits per heavy atom. The van der Waals surface area contributed by atoms with Gasteiger partial charge in [-0.1, -0.05) is 29.3 Å². The summed E-state index contributed by atoms with van der Waals surface area (Å²) < 4.78 is 21.2. The number of halogens is 2. The normalized spacial score (nSPS) is 12.2. The number of benzene rings is 1. The van der Waals surface area contributed by atoms with Crippen molar-refractivity contribution in [3.05, 3.63) is 39.2 Å². The lowest BCUT2D eigenvalue weighted by atomic mass is 10.2. The predicted octanol–water partition coefficient (Wildman–Crippen LogP) is 2.25. The second-order valence-corrected chi connectivity index (χ2v) is 4.83. The highest BCUT2D eigenvalue weighted by Crippen LogP contribution is 2.23. The molecule has 14 heavy (non-hydrogen) atoms. The number of hydrogen-bond donors (Lipinski definition) is 1. The molecule has 0 bridgehead atoms. The summed E-state index contributed by atoms with van der Waals surface area (Å²) >= 11 is 11.4. The lowest BCUT2D eigenvalue weighted by Gasteiger charge is -1.96. The van der Waals surface area contributed by atoms with Gasteiger partial charge in [-0.05, 0) is 23.8 Å². The maximum atomic E-state index is 10.6. The van der Waals surface area contributed by atoms with E-state index in [1.165, 1.54) is 6.08 Å². The van der Waals surface area contributed by atoms with E-state index >= 15 is 0 Å². The van der Waals surface area contributed by atoms with Crippen LogP contribution in [0.15, 0.2) is 23.6 Å². The molecule has 0 amide bonds. The second kappa shape index (κ2) is 4.31. The lowest BCUT2D eigenvalue weighted by molar-refractivity contribution is 0.606. The number of primary sulfonamides is 1. The summed E-state index contributed by atoms with van der Waals surface area (Å²) in [6.07, 6.45) is 1.34. The quantitative estimate of drug-likeness (QED) is 0.877. The fourth-order valence-electron chi connectivity index (χ4n) is 0.789. The van der Waals surface area contributed by atoms with Crippen LogP contribution in [0.25, 0.3) is 6.08 Å². The number of nitrogens with two attached hydrogens (primary N) is 1. The van der Waals surface area contributed by atoms with Gasteiger partial charge in [-0.25, -0.2) is 13.6 Å². The molecular weight excluding hydrogens is 245 g/mol. The highest BCUT2D eigenvalue weighted by molar-refractivity contribution is 7.92. The molecule has 0 aliphatic carbocycles. The molecule has 3 nitrogen and oxygen atoms in total. The van der Waals surface area contributed by atoms with E-state index < -0.39 is 10.0 Å². The molecule has 76 valence electrons. The van der Waals surface area contributed by atoms with Crippen LogP contribution >= 0.6 is 23.2 Å². The molecule has 0 saturated carbocycles. The topological polar surface area (TPSA) is 60.2 Å². The summed E-state index contributed by atoms with van der Waals surface area (Å²) in [7, 11) is -3.60. The summed E-state index contributed by atoms with van der Waals surface area (Å²) in [6.45, 7) is 0. The van der Waals surface area contributed by atoms with Crippen LogP contribution < -0.4 is 5.14 Å². The van der Waals surface area contributed by atoms with E-state index in [0.29, 0.717) is 15.6 Å². The van der Waals surface area contributed by atoms with Crippen LogP contribution in [0.2, 0.25) is 10.0 Å². The summed E-state index contributed by atoms with van der Waals surface area (Å²) in [6, 6.07) is 4.76. The van der Waals surface area contributed by atoms with E-state index in [1.54, 1.807) is 18.2 Å². The van der Waals surface area contributed by atoms with Gasteiger partial charge in [-0.15, -0.1) is 0 Å². The van der Waals surface area contributed by atoms with Gasteiger partial charge in [0.25, 0.3) is 0 Å². The SMILES string of the molecule is NS(=O)(=O)C=Cc1ccc(Cl)c(Cl)c1. The Bertz CT molecular complexity index is 468. The molecule has 0 saturated heterocycles. The lowest BCUT2D eigenvalue weighted by Crippen LogP contribution is -2.06. The maximum absolute atomic E-state index is 10.6. The van der Waals surface area contributed by atoms with E-state index in [2.05, 4.69) is 0 Å². The molecule has 0 radical (unpaired) electrons. The first-order chi connectivity index (χ1) is 6.38. The van der Waals surface area contributed by atoms with Gasteiger partial charge in [-0.3, -0.25) is 0 Å². The molecule has 0 unspecified atom stereocenters. The van der Waals surface area contributed by atoms with Gasteiger partial charge in [0, 0.05) is 5.41 Å². The molecule has 0 aliphatic rings. The van der Waals surface area contributed by atoms with Crippen LogP contribution in [0.3, 0.4) is 0 Å². The van der Waals surface area contributed by atoms with Crippen LogP contribution in [0.5, 0.6) is 0 Å². The molecule has 0 heterocycles. The minimum Gasteiger partial charge on any atom is -0.225 e. The Hall–Kier alpha value is -0.550. The molecule has 0 atom stereocenters. The average Bonchev–Trinajstić information content (AvgIpc) is 2.06. The molecule has 0 aliphatic heterocycles. The molecule has 0 spiro atoms. The monoisotopic (exact) mass is 251 g/mol. The minimum atomic E-state index is -3.60. The van der Waals surface area contributed by atoms with Gasteiger partial charge in [0.1, 0.15) is 0 Å². The minimum absolute atomic E-state index is 0.364. The van der Waals surface area contributed by atoms with Crippen LogP contribution in [-0.4, -0.2) is 8.42 Å². The first kappa shape index (κ1) is 11.5. The Morgan fingerprint density at radius 2 is 1.86 bits per heavy atom. The van der Waals surface area contributed by atoms with E-state index in [9.17, 15) is 8.42 Å². The first-order valence-electron chi connectivity index (χ1n) is 3.54. The van der Waals surface area contributed by atoms with Crippen molar-refractivity contribution in [2.24, 2.45) is 5.14 Å². The molecule has 0 aromatic heterocycles. The Labute approximate surface area is 92.2 Å². The zero-order chi connectivity index (χ0) is 10.8. The van der Waals surface area contributed by atoms with Crippen molar-refractivity contribution in [1.29, 1.82) is 0 Å². The van der Waals surface area contributed by atoms with Crippen LogP contribution in [0, 0.1) is 0 Å². The predicted molar refractivity (Wildman–Crippen MR) is 58.6 cm³/mol. The highest BCUT2D eigenvalue weighted by atomic mass is 35.5. The van der Waals surface area contributed by atoms with E-state index in [1.807, 2.05) is 0 Å². The maximum Gasteiger partial charge on any atom is 0.231 e. The third kappa shape index (κ3) is 3.67. The standard InChI is InChI=1S/C8H7Cl2NO2S/c9-7-2-1-6(5-8(7)10)3-4-14(11,12)13/h1-5H,(H2,11,12,13). The first-order valence-corrected chi connectivity index (χ1v) is 5.91. The summed E-state index contributed by atoms with van der Waals surface area (Å²) in [5, 5.41) is 6.45. The van der Waals surface area contributed by atoms with Crippen molar-refractivity contribution in [1.82, 2.24) is 0 Å². The van der Waals surface area contributed by atoms with Gasteiger partial charge >= 0.3 is 0 Å². The molecule has 0 fully saturated rings. The third-order valence-corrected chi connectivity index (χ3v) is 2.65. The van der Waals surface area contributed by atoms with Crippen LogP contribution in [0.1, 0.15) is 5.56 Å². The molecular formula is C8H7Cl2NO2S. The fraction of sp³-hybridized carbons (Fsp3) is 0. The summed E-state index contributed by atoms with van der Waals surface area (Å²) in [4.78, 5) is 0. The van der Waals surface area contributed by atoms with E-state index in [0.717, 1.165) is 5.41 Å². The molecule has 1 aromatic carbocycles. The largest absolute Gasteiger partial charge is 0.231 e. The average molecular weight is 252 g/mol. The van der Waals surface area contributed by atoms with Crippen molar-refractivity contribution in [3.63, 3.8) is 0 Å². The Morgan fingerprint density at radius 3 is 2.36 bits per heavy atom. The van der Waals surface area contributed by atoms with Gasteiger partial charge < -0.3 is 0 Å². The molecule has 6 heteroatoms. The number of hydrogen-bond acceptors (Lipinski definition) is 2. The van der Waals surface area contributed by atoms with Crippen molar-refractivity contribution in [2.75, 3.05) is 0 Å². The highest BCUT2D eigenvalue weighted by Gasteiger charge is 1.98. The van der Waals surface area contributed by atoms with Crippen LogP contribution in [0.4, 0.5) is 0 Å². The van der Waals surface area contributed by atoms with Crippen molar-refractivity contribution < 1.29 is 8.42 Å². The number of rotatable bonds is 2. The van der Waals surface area contributed by atoms with E-state index in [-0.39, 0.29) is 0 Å². The Balaban J connectivity index is 3.00. The fourth-order valence-corrected chi connectivity index (χ4v) is 1.44. The van der Waals surface area contributed by atoms with Crippen LogP contribution in [-0.2, 0) is 10.0 Å². The van der Waals surface area contributed by atoms with Gasteiger partial charge in [0.05, 0.1) is 10.0 Å². The smallest absolute Gasteiger partial charge is 0.225 e. The van der Waals surface area contributed by atoms with Crippen molar-refractivity contribution >= 4 is 39.3 Å². The zero-order valence-corrected chi connectivity index (χ0v) is 9.27. The number of sulfonamides is 1. The molecule has 2 N–H and O–H groups in total. The Kier molecular flexibility index (Phi) is 3.55. The van der Waals surface area contributed by atoms with E-state index in [4.69, 9.17) is 28.3 Å². The van der Waals surface area contributed by atoms with Crippen molar-refractivity contribution in [2.45, 2.75) is 0 Å². The summed E-state index contributed by atoms with van der Waals surface area (Å²) in [5.74, 6) is 0. The summed E-state index contributed by atoms with van der Waals surface area (Å²) in [5.41, 5.74) is 0.619.